The van der Waals surface area contributed by atoms with Crippen molar-refractivity contribution in [1.82, 2.24) is 0 Å². The van der Waals surface area contributed by atoms with E-state index in [-0.39, 0.29) is 23.5 Å². The molecule has 0 bridgehead atoms. The molecule has 1 aliphatic heterocycles. The van der Waals surface area contributed by atoms with Crippen LogP contribution in [0.15, 0.2) is 34.3 Å². The van der Waals surface area contributed by atoms with Gasteiger partial charge in [0.1, 0.15) is 4.90 Å². The van der Waals surface area contributed by atoms with Crippen molar-refractivity contribution in [2.45, 2.75) is 16.3 Å². The summed E-state index contributed by atoms with van der Waals surface area (Å²) in [6.07, 6.45) is -4.54. The fourth-order valence-electron chi connectivity index (χ4n) is 1.66. The molecule has 0 amide bonds. The molecule has 0 saturated carbocycles. The first-order valence-corrected chi connectivity index (χ1v) is 9.95. The Kier molecular flexibility index (Phi) is 7.57. The van der Waals surface area contributed by atoms with Crippen LogP contribution in [0, 0.1) is 0 Å². The van der Waals surface area contributed by atoms with E-state index in [0.717, 1.165) is 23.6 Å². The molecule has 1 saturated heterocycles. The van der Waals surface area contributed by atoms with Gasteiger partial charge in [0.05, 0.1) is 10.8 Å². The molecule has 1 aromatic rings. The largest absolute Gasteiger partial charge is 0.416 e. The number of rotatable bonds is 4. The zero-order valence-corrected chi connectivity index (χ0v) is 15.3. The summed E-state index contributed by atoms with van der Waals surface area (Å²) in [5, 5.41) is 3.28. The van der Waals surface area contributed by atoms with Crippen LogP contribution in [0.1, 0.15) is 5.56 Å². The van der Waals surface area contributed by atoms with Crippen LogP contribution in [0.2, 0.25) is 0 Å². The topological polar surface area (TPSA) is 81.8 Å². The number of hydrogen-bond acceptors (Lipinski definition) is 6. The maximum atomic E-state index is 12.5. The molecule has 136 valence electrons. The lowest BCUT2D eigenvalue weighted by Crippen LogP contribution is -2.31. The number of amidine groups is 1. The molecular weight excluding hydrogens is 409 g/mol. The maximum Gasteiger partial charge on any atom is 0.416 e. The van der Waals surface area contributed by atoms with Gasteiger partial charge in [0.25, 0.3) is 0 Å². The molecular formula is C12H14ClF3N2O3S3. The van der Waals surface area contributed by atoms with Crippen LogP contribution in [0.4, 0.5) is 13.2 Å². The predicted molar refractivity (Wildman–Crippen MR) is 92.2 cm³/mol. The van der Waals surface area contributed by atoms with E-state index < -0.39 is 26.8 Å². The summed E-state index contributed by atoms with van der Waals surface area (Å²) in [4.78, 5) is -0.423. The molecule has 1 heterocycles. The van der Waals surface area contributed by atoms with Crippen molar-refractivity contribution in [1.29, 1.82) is 0 Å². The van der Waals surface area contributed by atoms with Gasteiger partial charge in [0.15, 0.2) is 5.84 Å². The van der Waals surface area contributed by atoms with Gasteiger partial charge in [0, 0.05) is 17.3 Å². The smallest absolute Gasteiger partial charge is 0.383 e. The zero-order chi connectivity index (χ0) is 17.1. The number of hydrogen-bond donors (Lipinski definition) is 1. The number of thioether (sulfide) groups is 2. The standard InChI is InChI=1S/C12H13F3N2O3S3.ClH/c13-12(14,15)8-1-3-9(4-2-8)23(18,19)20-17-11(16)10-7-21-5-6-22-10;/h1-4,10H,5-7H2,(H2,16,17);1H. The summed E-state index contributed by atoms with van der Waals surface area (Å²) < 4.78 is 65.6. The van der Waals surface area contributed by atoms with Crippen molar-refractivity contribution in [2.75, 3.05) is 17.3 Å². The predicted octanol–water partition coefficient (Wildman–Crippen LogP) is 2.95. The molecule has 24 heavy (non-hydrogen) atoms. The van der Waals surface area contributed by atoms with Gasteiger partial charge in [-0.05, 0) is 24.3 Å². The van der Waals surface area contributed by atoms with Crippen LogP contribution in [-0.4, -0.2) is 36.8 Å². The maximum absolute atomic E-state index is 12.5. The molecule has 1 fully saturated rings. The summed E-state index contributed by atoms with van der Waals surface area (Å²) in [5.41, 5.74) is 4.74. The normalized spacial score (nSPS) is 19.5. The van der Waals surface area contributed by atoms with Crippen molar-refractivity contribution in [2.24, 2.45) is 10.9 Å². The Morgan fingerprint density at radius 1 is 1.25 bits per heavy atom. The second-order valence-corrected chi connectivity index (χ2v) is 8.49. The third-order valence-electron chi connectivity index (χ3n) is 2.86. The number of nitrogens with two attached hydrogens (primary N) is 1. The minimum absolute atomic E-state index is 0. The van der Waals surface area contributed by atoms with Crippen molar-refractivity contribution >= 4 is 51.9 Å². The van der Waals surface area contributed by atoms with E-state index >= 15 is 0 Å². The van der Waals surface area contributed by atoms with Crippen molar-refractivity contribution in [3.8, 4) is 0 Å². The Morgan fingerprint density at radius 2 is 1.88 bits per heavy atom. The van der Waals surface area contributed by atoms with E-state index in [1.807, 2.05) is 0 Å². The lowest BCUT2D eigenvalue weighted by molar-refractivity contribution is -0.137. The van der Waals surface area contributed by atoms with Crippen LogP contribution in [0.3, 0.4) is 0 Å². The highest BCUT2D eigenvalue weighted by atomic mass is 35.5. The van der Waals surface area contributed by atoms with Gasteiger partial charge in [-0.25, -0.2) is 0 Å². The van der Waals surface area contributed by atoms with E-state index in [0.29, 0.717) is 17.9 Å². The van der Waals surface area contributed by atoms with Crippen LogP contribution in [0.25, 0.3) is 0 Å². The van der Waals surface area contributed by atoms with Crippen molar-refractivity contribution in [3.63, 3.8) is 0 Å². The SMILES string of the molecule is Cl.N/C(=N\OS(=O)(=O)c1ccc(C(F)(F)F)cc1)C1CSCCS1. The van der Waals surface area contributed by atoms with Gasteiger partial charge >= 0.3 is 16.3 Å². The highest BCUT2D eigenvalue weighted by molar-refractivity contribution is 8.07. The number of halogens is 4. The van der Waals surface area contributed by atoms with E-state index in [1.165, 1.54) is 0 Å². The molecule has 12 heteroatoms. The van der Waals surface area contributed by atoms with Crippen LogP contribution < -0.4 is 5.73 Å². The number of alkyl halides is 3. The number of oxime groups is 1. The van der Waals surface area contributed by atoms with E-state index in [4.69, 9.17) is 5.73 Å². The molecule has 0 spiro atoms. The third kappa shape index (κ3) is 5.64. The van der Waals surface area contributed by atoms with E-state index in [9.17, 15) is 21.6 Å². The molecule has 1 aliphatic rings. The fourth-order valence-corrected chi connectivity index (χ4v) is 4.98. The second kappa shape index (κ2) is 8.54. The fraction of sp³-hybridized carbons (Fsp3) is 0.417. The Labute approximate surface area is 152 Å². The van der Waals surface area contributed by atoms with Crippen molar-refractivity contribution < 1.29 is 25.9 Å². The molecule has 1 atom stereocenters. The summed E-state index contributed by atoms with van der Waals surface area (Å²) in [6.45, 7) is 0. The zero-order valence-electron chi connectivity index (χ0n) is 12.0. The average Bonchev–Trinajstić information content (AvgIpc) is 2.53. The molecule has 2 rings (SSSR count). The Balaban J connectivity index is 0.00000288. The average molecular weight is 423 g/mol. The third-order valence-corrected chi connectivity index (χ3v) is 6.76. The monoisotopic (exact) mass is 422 g/mol. The Hall–Kier alpha value is -0.780. The van der Waals surface area contributed by atoms with Gasteiger partial charge in [-0.2, -0.15) is 33.4 Å². The quantitative estimate of drug-likeness (QED) is 0.456. The van der Waals surface area contributed by atoms with Gasteiger partial charge in [-0.1, -0.05) is 5.16 Å². The summed E-state index contributed by atoms with van der Waals surface area (Å²) in [7, 11) is -4.31. The van der Waals surface area contributed by atoms with E-state index in [1.54, 1.807) is 23.5 Å². The minimum Gasteiger partial charge on any atom is -0.383 e. The first-order chi connectivity index (χ1) is 10.7. The molecule has 0 aromatic heterocycles. The molecule has 1 unspecified atom stereocenters. The van der Waals surface area contributed by atoms with Crippen LogP contribution >= 0.6 is 35.9 Å². The lowest BCUT2D eigenvalue weighted by Gasteiger charge is -2.19. The van der Waals surface area contributed by atoms with Crippen LogP contribution in [0.5, 0.6) is 0 Å². The van der Waals surface area contributed by atoms with E-state index in [2.05, 4.69) is 9.44 Å². The Bertz CT molecular complexity index is 675. The first kappa shape index (κ1) is 21.3. The molecule has 0 radical (unpaired) electrons. The van der Waals surface area contributed by atoms with Gasteiger partial charge in [-0.15, -0.1) is 24.2 Å². The molecule has 0 aliphatic carbocycles. The van der Waals surface area contributed by atoms with Crippen molar-refractivity contribution in [3.05, 3.63) is 29.8 Å². The molecule has 5 nitrogen and oxygen atoms in total. The first-order valence-electron chi connectivity index (χ1n) is 6.34. The Morgan fingerprint density at radius 3 is 2.38 bits per heavy atom. The number of benzene rings is 1. The van der Waals surface area contributed by atoms with Gasteiger partial charge < -0.3 is 5.73 Å². The lowest BCUT2D eigenvalue weighted by atomic mass is 10.2. The summed E-state index contributed by atoms with van der Waals surface area (Å²) >= 11 is 3.22. The van der Waals surface area contributed by atoms with Crippen LogP contribution in [-0.2, 0) is 20.6 Å². The molecule has 2 N–H and O–H groups in total. The molecule has 1 aromatic carbocycles. The minimum atomic E-state index is -4.54. The summed E-state index contributed by atoms with van der Waals surface area (Å²) in [5.74, 6) is 2.60. The summed E-state index contributed by atoms with van der Waals surface area (Å²) in [6, 6.07) is 2.96. The number of nitrogens with zero attached hydrogens (tertiary/aromatic N) is 1. The highest BCUT2D eigenvalue weighted by Gasteiger charge is 2.31. The highest BCUT2D eigenvalue weighted by Crippen LogP contribution is 2.30. The van der Waals surface area contributed by atoms with Gasteiger partial charge in [-0.3, -0.25) is 4.28 Å². The van der Waals surface area contributed by atoms with Gasteiger partial charge in [0.2, 0.25) is 0 Å². The second-order valence-electron chi connectivity index (χ2n) is 4.50.